The molecule has 3 atom stereocenters. The van der Waals surface area contributed by atoms with Crippen molar-refractivity contribution in [3.8, 4) is 5.75 Å². The summed E-state index contributed by atoms with van der Waals surface area (Å²) >= 11 is 0. The summed E-state index contributed by atoms with van der Waals surface area (Å²) in [4.78, 5) is 0. The van der Waals surface area contributed by atoms with Crippen molar-refractivity contribution in [1.82, 2.24) is 0 Å². The smallest absolute Gasteiger partial charge is 0.139 e. The fraction of sp³-hybridized carbons (Fsp3) is 0.538. The molecule has 4 heteroatoms. The molecule has 0 aliphatic carbocycles. The molecule has 0 saturated carbocycles. The molecule has 1 fully saturated rings. The van der Waals surface area contributed by atoms with Gasteiger partial charge in [-0.05, 0) is 25.1 Å². The first-order chi connectivity index (χ1) is 8.11. The SMILES string of the molecule is CC1OCCC12C[C@@H](N)c1cc(F)ccc1O2. The molecule has 92 valence electrons. The molecule has 2 heterocycles. The van der Waals surface area contributed by atoms with Gasteiger partial charge in [-0.25, -0.2) is 4.39 Å². The second-order valence-electron chi connectivity index (χ2n) is 4.92. The van der Waals surface area contributed by atoms with Crippen LogP contribution in [0.15, 0.2) is 18.2 Å². The first kappa shape index (κ1) is 11.0. The Labute approximate surface area is 99.7 Å². The van der Waals surface area contributed by atoms with Gasteiger partial charge in [-0.2, -0.15) is 0 Å². The molecule has 3 rings (SSSR count). The molecule has 2 unspecified atom stereocenters. The van der Waals surface area contributed by atoms with E-state index in [9.17, 15) is 4.39 Å². The van der Waals surface area contributed by atoms with Crippen LogP contribution in [0.4, 0.5) is 4.39 Å². The van der Waals surface area contributed by atoms with E-state index in [-0.39, 0.29) is 23.6 Å². The summed E-state index contributed by atoms with van der Waals surface area (Å²) < 4.78 is 24.8. The highest BCUT2D eigenvalue weighted by Gasteiger charge is 2.48. The third kappa shape index (κ3) is 1.63. The van der Waals surface area contributed by atoms with Gasteiger partial charge in [0, 0.05) is 24.4 Å². The molecule has 3 nitrogen and oxygen atoms in total. The van der Waals surface area contributed by atoms with Gasteiger partial charge in [-0.3, -0.25) is 0 Å². The number of hydrogen-bond donors (Lipinski definition) is 1. The third-order valence-corrected chi connectivity index (χ3v) is 3.88. The Bertz CT molecular complexity index is 451. The van der Waals surface area contributed by atoms with E-state index in [0.29, 0.717) is 18.8 Å². The second kappa shape index (κ2) is 3.68. The fourth-order valence-electron chi connectivity index (χ4n) is 2.81. The zero-order valence-electron chi connectivity index (χ0n) is 9.78. The van der Waals surface area contributed by atoms with E-state index < -0.39 is 0 Å². The van der Waals surface area contributed by atoms with Gasteiger partial charge in [-0.15, -0.1) is 0 Å². The fourth-order valence-corrected chi connectivity index (χ4v) is 2.81. The molecule has 17 heavy (non-hydrogen) atoms. The Morgan fingerprint density at radius 2 is 2.29 bits per heavy atom. The van der Waals surface area contributed by atoms with Crippen LogP contribution < -0.4 is 10.5 Å². The number of hydrogen-bond acceptors (Lipinski definition) is 3. The Kier molecular flexibility index (Phi) is 2.38. The van der Waals surface area contributed by atoms with Gasteiger partial charge in [0.1, 0.15) is 17.2 Å². The van der Waals surface area contributed by atoms with E-state index in [2.05, 4.69) is 0 Å². The van der Waals surface area contributed by atoms with Crippen molar-refractivity contribution in [2.24, 2.45) is 5.73 Å². The maximum absolute atomic E-state index is 13.2. The zero-order chi connectivity index (χ0) is 12.0. The Morgan fingerprint density at radius 3 is 3.00 bits per heavy atom. The van der Waals surface area contributed by atoms with Crippen molar-refractivity contribution in [2.45, 2.75) is 37.5 Å². The highest BCUT2D eigenvalue weighted by Crippen LogP contribution is 2.44. The number of ether oxygens (including phenoxy) is 2. The Morgan fingerprint density at radius 1 is 1.47 bits per heavy atom. The van der Waals surface area contributed by atoms with Crippen LogP contribution in [0.5, 0.6) is 5.75 Å². The third-order valence-electron chi connectivity index (χ3n) is 3.88. The summed E-state index contributed by atoms with van der Waals surface area (Å²) in [7, 11) is 0. The van der Waals surface area contributed by atoms with E-state index in [0.717, 1.165) is 12.0 Å². The quantitative estimate of drug-likeness (QED) is 0.752. The first-order valence-corrected chi connectivity index (χ1v) is 5.96. The first-order valence-electron chi connectivity index (χ1n) is 5.96. The zero-order valence-corrected chi connectivity index (χ0v) is 9.78. The molecule has 0 aromatic heterocycles. The summed E-state index contributed by atoms with van der Waals surface area (Å²) in [5.41, 5.74) is 6.56. The van der Waals surface area contributed by atoms with Crippen LogP contribution in [0.3, 0.4) is 0 Å². The van der Waals surface area contributed by atoms with Gasteiger partial charge >= 0.3 is 0 Å². The molecule has 2 N–H and O–H groups in total. The monoisotopic (exact) mass is 237 g/mol. The molecule has 0 radical (unpaired) electrons. The number of benzene rings is 1. The minimum atomic E-state index is -0.329. The predicted octanol–water partition coefficient (Wildman–Crippen LogP) is 2.16. The molecular formula is C13H16FNO2. The van der Waals surface area contributed by atoms with E-state index in [1.807, 2.05) is 6.92 Å². The van der Waals surface area contributed by atoms with Crippen LogP contribution in [0.25, 0.3) is 0 Å². The maximum atomic E-state index is 13.2. The van der Waals surface area contributed by atoms with Crippen LogP contribution >= 0.6 is 0 Å². The van der Waals surface area contributed by atoms with Crippen LogP contribution in [0.1, 0.15) is 31.4 Å². The lowest BCUT2D eigenvalue weighted by Crippen LogP contribution is -2.47. The van der Waals surface area contributed by atoms with Crippen LogP contribution in [-0.4, -0.2) is 18.3 Å². The molecular weight excluding hydrogens is 221 g/mol. The lowest BCUT2D eigenvalue weighted by molar-refractivity contribution is -0.0276. The van der Waals surface area contributed by atoms with Crippen molar-refractivity contribution in [3.63, 3.8) is 0 Å². The summed E-state index contributed by atoms with van der Waals surface area (Å²) in [6, 6.07) is 4.35. The van der Waals surface area contributed by atoms with Gasteiger partial charge < -0.3 is 15.2 Å². The van der Waals surface area contributed by atoms with E-state index in [1.165, 1.54) is 12.1 Å². The van der Waals surface area contributed by atoms with Crippen molar-refractivity contribution in [3.05, 3.63) is 29.6 Å². The number of rotatable bonds is 0. The van der Waals surface area contributed by atoms with Crippen LogP contribution in [0.2, 0.25) is 0 Å². The van der Waals surface area contributed by atoms with Gasteiger partial charge in [0.15, 0.2) is 0 Å². The lowest BCUT2D eigenvalue weighted by Gasteiger charge is -2.40. The topological polar surface area (TPSA) is 44.5 Å². The average molecular weight is 237 g/mol. The Balaban J connectivity index is 2.01. The molecule has 1 saturated heterocycles. The van der Waals surface area contributed by atoms with Gasteiger partial charge in [-0.1, -0.05) is 0 Å². The minimum absolute atomic E-state index is 0.0340. The van der Waals surface area contributed by atoms with Crippen molar-refractivity contribution in [2.75, 3.05) is 6.61 Å². The number of fused-ring (bicyclic) bond motifs is 1. The molecule has 2 aliphatic rings. The van der Waals surface area contributed by atoms with Gasteiger partial charge in [0.25, 0.3) is 0 Å². The van der Waals surface area contributed by atoms with Gasteiger partial charge in [0.05, 0.1) is 12.7 Å². The highest BCUT2D eigenvalue weighted by atomic mass is 19.1. The van der Waals surface area contributed by atoms with E-state index >= 15 is 0 Å². The summed E-state index contributed by atoms with van der Waals surface area (Å²) in [5.74, 6) is 0.428. The minimum Gasteiger partial charge on any atom is -0.484 e. The predicted molar refractivity (Wildman–Crippen MR) is 61.3 cm³/mol. The van der Waals surface area contributed by atoms with Crippen molar-refractivity contribution < 1.29 is 13.9 Å². The molecule has 1 aromatic rings. The number of halogens is 1. The molecule has 1 spiro atoms. The molecule has 0 bridgehead atoms. The molecule has 2 aliphatic heterocycles. The standard InChI is InChI=1S/C13H16FNO2/c1-8-13(4-5-16-8)7-11(15)10-6-9(14)2-3-12(10)17-13/h2-3,6,8,11H,4-5,7,15H2,1H3/t8?,11-,13?/m1/s1. The molecule has 1 aromatic carbocycles. The molecule has 0 amide bonds. The summed E-state index contributed by atoms with van der Waals surface area (Å²) in [6.45, 7) is 2.71. The summed E-state index contributed by atoms with van der Waals surface area (Å²) in [5, 5.41) is 0. The largest absolute Gasteiger partial charge is 0.484 e. The van der Waals surface area contributed by atoms with Crippen molar-refractivity contribution >= 4 is 0 Å². The maximum Gasteiger partial charge on any atom is 0.139 e. The van der Waals surface area contributed by atoms with E-state index in [1.54, 1.807) is 6.07 Å². The Hall–Kier alpha value is -1.13. The average Bonchev–Trinajstić information content (AvgIpc) is 2.62. The van der Waals surface area contributed by atoms with Crippen LogP contribution in [0, 0.1) is 5.82 Å². The van der Waals surface area contributed by atoms with E-state index in [4.69, 9.17) is 15.2 Å². The summed E-state index contributed by atoms with van der Waals surface area (Å²) in [6.07, 6.45) is 1.57. The normalized spacial score (nSPS) is 35.7. The second-order valence-corrected chi connectivity index (χ2v) is 4.92. The van der Waals surface area contributed by atoms with Gasteiger partial charge in [0.2, 0.25) is 0 Å². The highest BCUT2D eigenvalue weighted by molar-refractivity contribution is 5.39. The van der Waals surface area contributed by atoms with Crippen LogP contribution in [-0.2, 0) is 4.74 Å². The number of nitrogens with two attached hydrogens (primary N) is 1. The van der Waals surface area contributed by atoms with Crippen molar-refractivity contribution in [1.29, 1.82) is 0 Å². The lowest BCUT2D eigenvalue weighted by atomic mass is 9.83.